The van der Waals surface area contributed by atoms with Crippen LogP contribution in [0, 0.1) is 17.2 Å². The molecule has 2 aliphatic rings. The molecule has 40 heavy (non-hydrogen) atoms. The molecule has 2 atom stereocenters. The highest BCUT2D eigenvalue weighted by Crippen LogP contribution is 2.34. The maximum atomic E-state index is 13.6. The van der Waals surface area contributed by atoms with Crippen LogP contribution in [0.2, 0.25) is 0 Å². The lowest BCUT2D eigenvalue weighted by Gasteiger charge is -2.27. The fourth-order valence-electron chi connectivity index (χ4n) is 5.32. The number of nitrogens with one attached hydrogen (secondary N) is 3. The molecule has 0 unspecified atom stereocenters. The lowest BCUT2D eigenvalue weighted by atomic mass is 9.89. The summed E-state index contributed by atoms with van der Waals surface area (Å²) < 4.78 is 23.6. The van der Waals surface area contributed by atoms with Gasteiger partial charge in [0.05, 0.1) is 17.0 Å². The second-order valence-corrected chi connectivity index (χ2v) is 13.3. The Labute approximate surface area is 237 Å². The first-order valence-corrected chi connectivity index (χ1v) is 16.2. The number of rotatable bonds is 12. The van der Waals surface area contributed by atoms with E-state index in [4.69, 9.17) is 0 Å². The van der Waals surface area contributed by atoms with Gasteiger partial charge >= 0.3 is 0 Å². The molecule has 0 spiro atoms. The second kappa shape index (κ2) is 13.0. The average molecular weight is 565 g/mol. The number of hydrogen-bond donors (Lipinski definition) is 3. The highest BCUT2D eigenvalue weighted by atomic mass is 32.2. The van der Waals surface area contributed by atoms with E-state index >= 15 is 0 Å². The van der Waals surface area contributed by atoms with Gasteiger partial charge in [-0.25, -0.2) is 8.42 Å². The van der Waals surface area contributed by atoms with Gasteiger partial charge in [-0.1, -0.05) is 69.0 Å². The number of nitriles is 1. The van der Waals surface area contributed by atoms with Crippen LogP contribution in [0.25, 0.3) is 11.1 Å². The molecule has 8 nitrogen and oxygen atoms in total. The van der Waals surface area contributed by atoms with E-state index in [0.29, 0.717) is 31.7 Å². The van der Waals surface area contributed by atoms with E-state index in [1.54, 1.807) is 24.3 Å². The van der Waals surface area contributed by atoms with E-state index in [1.165, 1.54) is 25.5 Å². The van der Waals surface area contributed by atoms with E-state index in [-0.39, 0.29) is 16.7 Å². The first-order chi connectivity index (χ1) is 19.1. The molecular weight excluding hydrogens is 524 g/mol. The SMILES string of the molecule is CCC[C@H](N[C@H](C(=O)NCC1CCCCC1)c1ccc(-c2ccc(S(C)(=O)=O)cc2)cc1)C(=O)NC1(C#N)CC1. The van der Waals surface area contributed by atoms with Gasteiger partial charge < -0.3 is 10.6 Å². The van der Waals surface area contributed by atoms with Crippen molar-refractivity contribution < 1.29 is 18.0 Å². The van der Waals surface area contributed by atoms with E-state index in [9.17, 15) is 23.3 Å². The van der Waals surface area contributed by atoms with Crippen molar-refractivity contribution >= 4 is 21.7 Å². The summed E-state index contributed by atoms with van der Waals surface area (Å²) in [5.41, 5.74) is 1.70. The molecule has 2 aromatic rings. The number of sulfone groups is 1. The van der Waals surface area contributed by atoms with Crippen molar-refractivity contribution in [1.82, 2.24) is 16.0 Å². The third kappa shape index (κ3) is 7.70. The van der Waals surface area contributed by atoms with Crippen molar-refractivity contribution in [3.8, 4) is 17.2 Å². The van der Waals surface area contributed by atoms with Gasteiger partial charge in [-0.3, -0.25) is 14.9 Å². The maximum absolute atomic E-state index is 13.6. The summed E-state index contributed by atoms with van der Waals surface area (Å²) in [6.45, 7) is 2.60. The van der Waals surface area contributed by atoms with Crippen molar-refractivity contribution in [3.63, 3.8) is 0 Å². The quantitative estimate of drug-likeness (QED) is 0.350. The highest BCUT2D eigenvalue weighted by molar-refractivity contribution is 7.90. The first-order valence-electron chi connectivity index (χ1n) is 14.3. The lowest BCUT2D eigenvalue weighted by molar-refractivity contribution is -0.126. The molecule has 0 saturated heterocycles. The van der Waals surface area contributed by atoms with E-state index in [1.807, 2.05) is 31.2 Å². The van der Waals surface area contributed by atoms with Crippen molar-refractivity contribution in [2.75, 3.05) is 12.8 Å². The topological polar surface area (TPSA) is 128 Å². The molecule has 214 valence electrons. The van der Waals surface area contributed by atoms with Gasteiger partial charge in [-0.15, -0.1) is 0 Å². The average Bonchev–Trinajstić information content (AvgIpc) is 3.74. The van der Waals surface area contributed by atoms with Crippen LogP contribution in [0.5, 0.6) is 0 Å². The van der Waals surface area contributed by atoms with Gasteiger partial charge in [-0.05, 0) is 66.8 Å². The summed E-state index contributed by atoms with van der Waals surface area (Å²) in [7, 11) is -3.28. The minimum Gasteiger partial charge on any atom is -0.354 e. The zero-order valence-corrected chi connectivity index (χ0v) is 24.2. The zero-order chi connectivity index (χ0) is 28.8. The van der Waals surface area contributed by atoms with Crippen LogP contribution in [-0.2, 0) is 19.4 Å². The Morgan fingerprint density at radius 3 is 2.10 bits per heavy atom. The van der Waals surface area contributed by atoms with Crippen molar-refractivity contribution in [2.45, 2.75) is 87.2 Å². The van der Waals surface area contributed by atoms with Gasteiger partial charge in [-0.2, -0.15) is 5.26 Å². The lowest BCUT2D eigenvalue weighted by Crippen LogP contribution is -2.52. The Balaban J connectivity index is 1.54. The maximum Gasteiger partial charge on any atom is 0.241 e. The number of carbonyl (C=O) groups excluding carboxylic acids is 2. The molecule has 0 aliphatic heterocycles. The molecule has 4 rings (SSSR count). The van der Waals surface area contributed by atoms with E-state index < -0.39 is 27.5 Å². The van der Waals surface area contributed by atoms with Gasteiger partial charge in [0, 0.05) is 12.8 Å². The van der Waals surface area contributed by atoms with Crippen molar-refractivity contribution in [3.05, 3.63) is 54.1 Å². The van der Waals surface area contributed by atoms with Gasteiger partial charge in [0.15, 0.2) is 9.84 Å². The molecule has 0 radical (unpaired) electrons. The van der Waals surface area contributed by atoms with Gasteiger partial charge in [0.2, 0.25) is 11.8 Å². The first kappa shape index (κ1) is 29.8. The third-order valence-electron chi connectivity index (χ3n) is 8.00. The zero-order valence-electron chi connectivity index (χ0n) is 23.4. The number of benzene rings is 2. The van der Waals surface area contributed by atoms with Crippen LogP contribution in [-0.4, -0.2) is 44.6 Å². The molecule has 3 N–H and O–H groups in total. The van der Waals surface area contributed by atoms with Gasteiger partial charge in [0.25, 0.3) is 0 Å². The summed E-state index contributed by atoms with van der Waals surface area (Å²) in [4.78, 5) is 27.0. The summed E-state index contributed by atoms with van der Waals surface area (Å²) >= 11 is 0. The van der Waals surface area contributed by atoms with Crippen LogP contribution < -0.4 is 16.0 Å². The fraction of sp³-hybridized carbons (Fsp3) is 0.516. The molecule has 2 saturated carbocycles. The largest absolute Gasteiger partial charge is 0.354 e. The van der Waals surface area contributed by atoms with Crippen LogP contribution in [0.15, 0.2) is 53.4 Å². The predicted octanol–water partition coefficient (Wildman–Crippen LogP) is 4.43. The van der Waals surface area contributed by atoms with Gasteiger partial charge in [0.1, 0.15) is 11.6 Å². The monoisotopic (exact) mass is 564 g/mol. The van der Waals surface area contributed by atoms with Crippen LogP contribution in [0.3, 0.4) is 0 Å². The molecule has 0 bridgehead atoms. The number of hydrogen-bond acceptors (Lipinski definition) is 6. The minimum atomic E-state index is -3.28. The standard InChI is InChI=1S/C31H40N4O4S/c1-3-7-27(29(36)35-31(21-32)18-19-31)34-28(30(37)33-20-22-8-5-4-6-9-22)25-12-10-23(11-13-25)24-14-16-26(17-15-24)40(2,38)39/h10-17,22,27-28,34H,3-9,18-20H2,1-2H3,(H,33,37)(H,35,36)/t27-,28-/m0/s1. The van der Waals surface area contributed by atoms with Crippen LogP contribution in [0.1, 0.15) is 76.3 Å². The predicted molar refractivity (Wildman–Crippen MR) is 155 cm³/mol. The molecule has 0 aromatic heterocycles. The minimum absolute atomic E-state index is 0.175. The van der Waals surface area contributed by atoms with Crippen molar-refractivity contribution in [2.24, 2.45) is 5.92 Å². The smallest absolute Gasteiger partial charge is 0.241 e. The third-order valence-corrected chi connectivity index (χ3v) is 9.13. The normalized spacial score (nSPS) is 18.2. The Morgan fingerprint density at radius 1 is 0.975 bits per heavy atom. The highest BCUT2D eigenvalue weighted by Gasteiger charge is 2.45. The Kier molecular flexibility index (Phi) is 9.64. The fourth-order valence-corrected chi connectivity index (χ4v) is 5.95. The molecule has 9 heteroatoms. The number of carbonyl (C=O) groups is 2. The van der Waals surface area contributed by atoms with Crippen LogP contribution in [0.4, 0.5) is 0 Å². The molecule has 2 fully saturated rings. The molecule has 2 amide bonds. The second-order valence-electron chi connectivity index (χ2n) is 11.3. The van der Waals surface area contributed by atoms with Crippen LogP contribution >= 0.6 is 0 Å². The molecule has 2 aliphatic carbocycles. The Morgan fingerprint density at radius 2 is 1.57 bits per heavy atom. The Hall–Kier alpha value is -3.22. The molecular formula is C31H40N4O4S. The van der Waals surface area contributed by atoms with E-state index in [2.05, 4.69) is 22.0 Å². The van der Waals surface area contributed by atoms with E-state index in [0.717, 1.165) is 36.0 Å². The number of amides is 2. The summed E-state index contributed by atoms with van der Waals surface area (Å²) in [6.07, 6.45) is 9.59. The number of nitrogens with zero attached hydrogens (tertiary/aromatic N) is 1. The summed E-state index contributed by atoms with van der Waals surface area (Å²) in [5.74, 6) is 0.0374. The summed E-state index contributed by atoms with van der Waals surface area (Å²) in [6, 6.07) is 15.1. The molecule has 2 aromatic carbocycles. The van der Waals surface area contributed by atoms with Crippen molar-refractivity contribution in [1.29, 1.82) is 5.26 Å². The Bertz CT molecular complexity index is 1320. The molecule has 0 heterocycles. The summed E-state index contributed by atoms with van der Waals surface area (Å²) in [5, 5.41) is 18.8.